The summed E-state index contributed by atoms with van der Waals surface area (Å²) < 4.78 is 4.98. The van der Waals surface area contributed by atoms with E-state index in [0.717, 1.165) is 18.7 Å². The standard InChI is InChI=1S/C11H18N4O/c1-16-11-10(12)7-9(14-15-11)6-8-4-2-3-5-13-8/h7-8,13H,2-6H2,1H3,(H2,12,14). The van der Waals surface area contributed by atoms with E-state index in [1.807, 2.05) is 6.07 Å². The zero-order valence-electron chi connectivity index (χ0n) is 9.57. The number of nitrogens with two attached hydrogens (primary N) is 1. The third-order valence-corrected chi connectivity index (χ3v) is 2.90. The number of nitrogens with one attached hydrogen (secondary N) is 1. The first kappa shape index (κ1) is 11.1. The Morgan fingerprint density at radius 1 is 1.50 bits per heavy atom. The van der Waals surface area contributed by atoms with Gasteiger partial charge in [0.25, 0.3) is 5.88 Å². The van der Waals surface area contributed by atoms with Crippen molar-refractivity contribution in [2.24, 2.45) is 0 Å². The molecular weight excluding hydrogens is 204 g/mol. The molecule has 0 aliphatic carbocycles. The lowest BCUT2D eigenvalue weighted by molar-refractivity contribution is 0.385. The number of hydrogen-bond acceptors (Lipinski definition) is 5. The molecule has 0 saturated carbocycles. The van der Waals surface area contributed by atoms with Gasteiger partial charge in [-0.2, -0.15) is 5.10 Å². The van der Waals surface area contributed by atoms with Crippen molar-refractivity contribution in [3.05, 3.63) is 11.8 Å². The van der Waals surface area contributed by atoms with Crippen molar-refractivity contribution in [1.82, 2.24) is 15.5 Å². The molecule has 1 aliphatic rings. The predicted molar refractivity (Wildman–Crippen MR) is 62.3 cm³/mol. The highest BCUT2D eigenvalue weighted by Gasteiger charge is 2.14. The minimum Gasteiger partial charge on any atom is -0.478 e. The molecule has 0 radical (unpaired) electrons. The Bertz CT molecular complexity index is 350. The quantitative estimate of drug-likeness (QED) is 0.789. The number of anilines is 1. The lowest BCUT2D eigenvalue weighted by Crippen LogP contribution is -2.35. The fraction of sp³-hybridized carbons (Fsp3) is 0.636. The molecule has 3 N–H and O–H groups in total. The van der Waals surface area contributed by atoms with Gasteiger partial charge in [0, 0.05) is 12.5 Å². The van der Waals surface area contributed by atoms with E-state index in [-0.39, 0.29) is 0 Å². The van der Waals surface area contributed by atoms with Gasteiger partial charge >= 0.3 is 0 Å². The minimum absolute atomic E-state index is 0.403. The number of methoxy groups -OCH3 is 1. The highest BCUT2D eigenvalue weighted by molar-refractivity contribution is 5.47. The molecule has 88 valence electrons. The molecule has 0 aromatic carbocycles. The Morgan fingerprint density at radius 2 is 2.38 bits per heavy atom. The van der Waals surface area contributed by atoms with Gasteiger partial charge in [0.2, 0.25) is 0 Å². The number of aromatic nitrogens is 2. The van der Waals surface area contributed by atoms with Gasteiger partial charge in [0.05, 0.1) is 18.5 Å². The van der Waals surface area contributed by atoms with E-state index >= 15 is 0 Å². The largest absolute Gasteiger partial charge is 0.478 e. The molecule has 1 unspecified atom stereocenters. The third-order valence-electron chi connectivity index (χ3n) is 2.90. The van der Waals surface area contributed by atoms with Crippen molar-refractivity contribution < 1.29 is 4.74 Å². The smallest absolute Gasteiger partial charge is 0.256 e. The van der Waals surface area contributed by atoms with Crippen LogP contribution in [-0.4, -0.2) is 29.9 Å². The van der Waals surface area contributed by atoms with E-state index in [0.29, 0.717) is 17.6 Å². The highest BCUT2D eigenvalue weighted by atomic mass is 16.5. The van der Waals surface area contributed by atoms with Crippen LogP contribution >= 0.6 is 0 Å². The Balaban J connectivity index is 2.01. The van der Waals surface area contributed by atoms with Crippen LogP contribution in [0.1, 0.15) is 25.0 Å². The van der Waals surface area contributed by atoms with E-state index in [2.05, 4.69) is 15.5 Å². The van der Waals surface area contributed by atoms with Crippen LogP contribution in [0.2, 0.25) is 0 Å². The molecule has 1 atom stereocenters. The monoisotopic (exact) mass is 222 g/mol. The first-order chi connectivity index (χ1) is 7.79. The molecule has 1 aromatic rings. The molecule has 0 bridgehead atoms. The molecule has 2 rings (SSSR count). The lowest BCUT2D eigenvalue weighted by atomic mass is 10.0. The van der Waals surface area contributed by atoms with Crippen LogP contribution in [0, 0.1) is 0 Å². The van der Waals surface area contributed by atoms with Crippen LogP contribution in [0.5, 0.6) is 5.88 Å². The summed E-state index contributed by atoms with van der Waals surface area (Å²) in [4.78, 5) is 0. The number of hydrogen-bond donors (Lipinski definition) is 2. The fourth-order valence-corrected chi connectivity index (χ4v) is 2.05. The molecule has 1 fully saturated rings. The van der Waals surface area contributed by atoms with Crippen LogP contribution < -0.4 is 15.8 Å². The Labute approximate surface area is 95.4 Å². The molecule has 5 heteroatoms. The maximum absolute atomic E-state index is 5.79. The second kappa shape index (κ2) is 5.12. The molecule has 1 saturated heterocycles. The second-order valence-electron chi connectivity index (χ2n) is 4.15. The topological polar surface area (TPSA) is 73.1 Å². The van der Waals surface area contributed by atoms with Crippen LogP contribution in [0.25, 0.3) is 0 Å². The summed E-state index contributed by atoms with van der Waals surface area (Å²) >= 11 is 0. The van der Waals surface area contributed by atoms with Gasteiger partial charge in [-0.3, -0.25) is 0 Å². The molecule has 2 heterocycles. The summed E-state index contributed by atoms with van der Waals surface area (Å²) in [5, 5.41) is 11.5. The SMILES string of the molecule is COc1nnc(CC2CCCCN2)cc1N. The van der Waals surface area contributed by atoms with Crippen molar-refractivity contribution in [1.29, 1.82) is 0 Å². The average Bonchev–Trinajstić information content (AvgIpc) is 2.31. The van der Waals surface area contributed by atoms with Gasteiger partial charge in [-0.25, -0.2) is 0 Å². The molecule has 1 aliphatic heterocycles. The van der Waals surface area contributed by atoms with Gasteiger partial charge in [0.1, 0.15) is 0 Å². The third kappa shape index (κ3) is 2.61. The summed E-state index contributed by atoms with van der Waals surface area (Å²) in [6, 6.07) is 2.36. The number of ether oxygens (including phenoxy) is 1. The van der Waals surface area contributed by atoms with Gasteiger partial charge in [-0.15, -0.1) is 5.10 Å². The highest BCUT2D eigenvalue weighted by Crippen LogP contribution is 2.18. The van der Waals surface area contributed by atoms with E-state index in [4.69, 9.17) is 10.5 Å². The van der Waals surface area contributed by atoms with Crippen molar-refractivity contribution in [3.63, 3.8) is 0 Å². The Morgan fingerprint density at radius 3 is 3.00 bits per heavy atom. The molecule has 1 aromatic heterocycles. The number of nitrogens with zero attached hydrogens (tertiary/aromatic N) is 2. The Kier molecular flexibility index (Phi) is 3.56. The summed E-state index contributed by atoms with van der Waals surface area (Å²) in [6.07, 6.45) is 4.65. The van der Waals surface area contributed by atoms with Crippen molar-refractivity contribution >= 4 is 5.69 Å². The van der Waals surface area contributed by atoms with Gasteiger partial charge in [0.15, 0.2) is 0 Å². The summed E-state index contributed by atoms with van der Waals surface area (Å²) in [5.41, 5.74) is 7.28. The van der Waals surface area contributed by atoms with Crippen LogP contribution in [-0.2, 0) is 6.42 Å². The van der Waals surface area contributed by atoms with E-state index in [1.165, 1.54) is 19.3 Å². The maximum Gasteiger partial charge on any atom is 0.256 e. The summed E-state index contributed by atoms with van der Waals surface area (Å²) in [7, 11) is 1.54. The van der Waals surface area contributed by atoms with Gasteiger partial charge in [-0.1, -0.05) is 6.42 Å². The van der Waals surface area contributed by atoms with E-state index in [9.17, 15) is 0 Å². The number of rotatable bonds is 3. The average molecular weight is 222 g/mol. The van der Waals surface area contributed by atoms with Gasteiger partial charge < -0.3 is 15.8 Å². The Hall–Kier alpha value is -1.36. The summed E-state index contributed by atoms with van der Waals surface area (Å²) in [6.45, 7) is 1.10. The van der Waals surface area contributed by atoms with E-state index in [1.54, 1.807) is 7.11 Å². The zero-order chi connectivity index (χ0) is 11.4. The molecule has 5 nitrogen and oxygen atoms in total. The minimum atomic E-state index is 0.403. The second-order valence-corrected chi connectivity index (χ2v) is 4.15. The normalized spacial score (nSPS) is 20.7. The van der Waals surface area contributed by atoms with Crippen LogP contribution in [0.4, 0.5) is 5.69 Å². The molecule has 16 heavy (non-hydrogen) atoms. The van der Waals surface area contributed by atoms with E-state index < -0.39 is 0 Å². The predicted octanol–water partition coefficient (Wildman–Crippen LogP) is 0.752. The van der Waals surface area contributed by atoms with Crippen molar-refractivity contribution in [2.75, 3.05) is 19.4 Å². The summed E-state index contributed by atoms with van der Waals surface area (Å²) in [5.74, 6) is 0.403. The molecular formula is C11H18N4O. The fourth-order valence-electron chi connectivity index (χ4n) is 2.05. The molecule has 0 spiro atoms. The number of nitrogen functional groups attached to an aromatic ring is 1. The van der Waals surface area contributed by atoms with Crippen molar-refractivity contribution in [2.45, 2.75) is 31.7 Å². The van der Waals surface area contributed by atoms with Crippen molar-refractivity contribution in [3.8, 4) is 5.88 Å². The maximum atomic E-state index is 5.79. The zero-order valence-corrected chi connectivity index (χ0v) is 9.57. The first-order valence-electron chi connectivity index (χ1n) is 5.69. The van der Waals surface area contributed by atoms with Gasteiger partial charge in [-0.05, 0) is 25.5 Å². The van der Waals surface area contributed by atoms with Crippen LogP contribution in [0.15, 0.2) is 6.07 Å². The first-order valence-corrected chi connectivity index (χ1v) is 5.69. The number of piperidine rings is 1. The molecule has 0 amide bonds. The van der Waals surface area contributed by atoms with Crippen LogP contribution in [0.3, 0.4) is 0 Å². The lowest BCUT2D eigenvalue weighted by Gasteiger charge is -2.22.